The minimum atomic E-state index is -4.74. The SMILES string of the molecule is O=C(CSCc1ccc(-n2cccn2)cc1)Nc1ccc(OC(F)(F)F)cc1. The molecule has 0 spiro atoms. The smallest absolute Gasteiger partial charge is 0.406 e. The molecule has 2 aromatic carbocycles. The zero-order chi connectivity index (χ0) is 20.0. The number of rotatable bonds is 7. The van der Waals surface area contributed by atoms with Crippen molar-refractivity contribution in [3.63, 3.8) is 0 Å². The van der Waals surface area contributed by atoms with Gasteiger partial charge in [-0.2, -0.15) is 5.10 Å². The van der Waals surface area contributed by atoms with E-state index in [1.54, 1.807) is 10.9 Å². The summed E-state index contributed by atoms with van der Waals surface area (Å²) >= 11 is 1.44. The molecule has 28 heavy (non-hydrogen) atoms. The quantitative estimate of drug-likeness (QED) is 0.620. The van der Waals surface area contributed by atoms with E-state index >= 15 is 0 Å². The van der Waals surface area contributed by atoms with Gasteiger partial charge in [0.05, 0.1) is 11.4 Å². The van der Waals surface area contributed by atoms with Gasteiger partial charge in [-0.3, -0.25) is 4.79 Å². The summed E-state index contributed by atoms with van der Waals surface area (Å²) in [6, 6.07) is 14.7. The molecule has 5 nitrogen and oxygen atoms in total. The van der Waals surface area contributed by atoms with Gasteiger partial charge >= 0.3 is 6.36 Å². The van der Waals surface area contributed by atoms with Gasteiger partial charge < -0.3 is 10.1 Å². The molecule has 0 radical (unpaired) electrons. The second-order valence-electron chi connectivity index (χ2n) is 5.73. The highest BCUT2D eigenvalue weighted by atomic mass is 32.2. The van der Waals surface area contributed by atoms with Gasteiger partial charge in [0, 0.05) is 23.8 Å². The fourth-order valence-electron chi connectivity index (χ4n) is 2.37. The van der Waals surface area contributed by atoms with Gasteiger partial charge in [0.1, 0.15) is 5.75 Å². The Morgan fingerprint density at radius 1 is 1.11 bits per heavy atom. The summed E-state index contributed by atoms with van der Waals surface area (Å²) in [7, 11) is 0. The van der Waals surface area contributed by atoms with Crippen LogP contribution in [0.3, 0.4) is 0 Å². The highest BCUT2D eigenvalue weighted by Crippen LogP contribution is 2.24. The van der Waals surface area contributed by atoms with Crippen molar-refractivity contribution < 1.29 is 22.7 Å². The van der Waals surface area contributed by atoms with E-state index in [0.29, 0.717) is 11.4 Å². The standard InChI is InChI=1S/C19H16F3N3O2S/c20-19(21,22)27-17-8-4-15(5-9-17)24-18(26)13-28-12-14-2-6-16(7-3-14)25-11-1-10-23-25/h1-11H,12-13H2,(H,24,26). The summed E-state index contributed by atoms with van der Waals surface area (Å²) in [5.74, 6) is 0.313. The number of carbonyl (C=O) groups is 1. The molecule has 0 saturated carbocycles. The molecule has 0 atom stereocenters. The van der Waals surface area contributed by atoms with Crippen LogP contribution in [-0.4, -0.2) is 27.8 Å². The Balaban J connectivity index is 1.43. The van der Waals surface area contributed by atoms with Crippen molar-refractivity contribution in [2.75, 3.05) is 11.1 Å². The second-order valence-corrected chi connectivity index (χ2v) is 6.72. The Kier molecular flexibility index (Phi) is 6.25. The third kappa shape index (κ3) is 6.05. The molecule has 0 bridgehead atoms. The fourth-order valence-corrected chi connectivity index (χ4v) is 3.15. The number of anilines is 1. The summed E-state index contributed by atoms with van der Waals surface area (Å²) < 4.78 is 41.9. The predicted molar refractivity (Wildman–Crippen MR) is 101 cm³/mol. The Labute approximate surface area is 163 Å². The summed E-state index contributed by atoms with van der Waals surface area (Å²) in [6.07, 6.45) is -1.17. The molecular formula is C19H16F3N3O2S. The van der Waals surface area contributed by atoms with Crippen molar-refractivity contribution >= 4 is 23.4 Å². The molecule has 0 fully saturated rings. The molecule has 3 aromatic rings. The number of nitrogens with one attached hydrogen (secondary N) is 1. The number of hydrogen-bond acceptors (Lipinski definition) is 4. The Morgan fingerprint density at radius 3 is 2.43 bits per heavy atom. The maximum Gasteiger partial charge on any atom is 0.573 e. The van der Waals surface area contributed by atoms with Crippen molar-refractivity contribution in [1.29, 1.82) is 0 Å². The Morgan fingerprint density at radius 2 is 1.82 bits per heavy atom. The number of aromatic nitrogens is 2. The lowest BCUT2D eigenvalue weighted by atomic mass is 10.2. The van der Waals surface area contributed by atoms with Crippen molar-refractivity contribution in [3.8, 4) is 11.4 Å². The van der Waals surface area contributed by atoms with Gasteiger partial charge in [0.25, 0.3) is 0 Å². The first-order valence-corrected chi connectivity index (χ1v) is 9.37. The maximum absolute atomic E-state index is 12.1. The lowest BCUT2D eigenvalue weighted by Gasteiger charge is -2.10. The first-order valence-electron chi connectivity index (χ1n) is 8.21. The van der Waals surface area contributed by atoms with Crippen LogP contribution in [0.4, 0.5) is 18.9 Å². The van der Waals surface area contributed by atoms with Crippen LogP contribution in [0.1, 0.15) is 5.56 Å². The third-order valence-corrected chi connectivity index (χ3v) is 4.58. The van der Waals surface area contributed by atoms with Crippen molar-refractivity contribution in [1.82, 2.24) is 9.78 Å². The molecule has 0 saturated heterocycles. The Bertz CT molecular complexity index is 896. The van der Waals surface area contributed by atoms with E-state index in [2.05, 4.69) is 15.2 Å². The molecule has 3 rings (SSSR count). The summed E-state index contributed by atoms with van der Waals surface area (Å²) in [5.41, 5.74) is 2.43. The molecule has 0 unspecified atom stereocenters. The van der Waals surface area contributed by atoms with Gasteiger partial charge in [-0.1, -0.05) is 12.1 Å². The normalized spacial score (nSPS) is 11.2. The molecule has 0 aliphatic carbocycles. The van der Waals surface area contributed by atoms with Crippen molar-refractivity contribution in [2.24, 2.45) is 0 Å². The number of amides is 1. The number of hydrogen-bond donors (Lipinski definition) is 1. The number of benzene rings is 2. The number of alkyl halides is 3. The van der Waals surface area contributed by atoms with Crippen LogP contribution >= 0.6 is 11.8 Å². The molecular weight excluding hydrogens is 391 g/mol. The van der Waals surface area contributed by atoms with E-state index in [9.17, 15) is 18.0 Å². The van der Waals surface area contributed by atoms with E-state index in [4.69, 9.17) is 0 Å². The van der Waals surface area contributed by atoms with Crippen LogP contribution in [0, 0.1) is 0 Å². The first kappa shape index (κ1) is 19.8. The number of nitrogens with zero attached hydrogens (tertiary/aromatic N) is 2. The predicted octanol–water partition coefficient (Wildman–Crippen LogP) is 4.64. The van der Waals surface area contributed by atoms with Crippen LogP contribution in [-0.2, 0) is 10.5 Å². The van der Waals surface area contributed by atoms with Gasteiger partial charge in [0.2, 0.25) is 5.91 Å². The minimum absolute atomic E-state index is 0.224. The van der Waals surface area contributed by atoms with Crippen LogP contribution in [0.15, 0.2) is 67.0 Å². The lowest BCUT2D eigenvalue weighted by molar-refractivity contribution is -0.274. The van der Waals surface area contributed by atoms with Crippen molar-refractivity contribution in [3.05, 3.63) is 72.6 Å². The Hall–Kier alpha value is -2.94. The molecule has 1 N–H and O–H groups in total. The maximum atomic E-state index is 12.1. The number of ether oxygens (including phenoxy) is 1. The highest BCUT2D eigenvalue weighted by molar-refractivity contribution is 7.99. The zero-order valence-electron chi connectivity index (χ0n) is 14.5. The van der Waals surface area contributed by atoms with Gasteiger partial charge in [-0.25, -0.2) is 4.68 Å². The van der Waals surface area contributed by atoms with Gasteiger partial charge in [0.15, 0.2) is 0 Å². The van der Waals surface area contributed by atoms with E-state index in [-0.39, 0.29) is 17.4 Å². The van der Waals surface area contributed by atoms with Crippen LogP contribution in [0.2, 0.25) is 0 Å². The van der Waals surface area contributed by atoms with E-state index in [1.807, 2.05) is 36.5 Å². The van der Waals surface area contributed by atoms with E-state index in [1.165, 1.54) is 23.9 Å². The monoisotopic (exact) mass is 407 g/mol. The fraction of sp³-hybridized carbons (Fsp3) is 0.158. The number of halogens is 3. The largest absolute Gasteiger partial charge is 0.573 e. The molecule has 0 aliphatic rings. The zero-order valence-corrected chi connectivity index (χ0v) is 15.3. The van der Waals surface area contributed by atoms with Crippen molar-refractivity contribution in [2.45, 2.75) is 12.1 Å². The van der Waals surface area contributed by atoms with E-state index in [0.717, 1.165) is 23.4 Å². The molecule has 146 valence electrons. The molecule has 1 aromatic heterocycles. The molecule has 1 heterocycles. The summed E-state index contributed by atoms with van der Waals surface area (Å²) in [5, 5.41) is 6.80. The lowest BCUT2D eigenvalue weighted by Crippen LogP contribution is -2.17. The van der Waals surface area contributed by atoms with Crippen LogP contribution in [0.25, 0.3) is 5.69 Å². The van der Waals surface area contributed by atoms with E-state index < -0.39 is 6.36 Å². The summed E-state index contributed by atoms with van der Waals surface area (Å²) in [6.45, 7) is 0. The minimum Gasteiger partial charge on any atom is -0.406 e. The topological polar surface area (TPSA) is 56.2 Å². The average molecular weight is 407 g/mol. The number of thioether (sulfide) groups is 1. The van der Waals surface area contributed by atoms with Gasteiger partial charge in [-0.15, -0.1) is 24.9 Å². The first-order chi connectivity index (χ1) is 13.4. The average Bonchev–Trinajstić information content (AvgIpc) is 3.17. The molecule has 9 heteroatoms. The van der Waals surface area contributed by atoms with Crippen LogP contribution < -0.4 is 10.1 Å². The molecule has 0 aliphatic heterocycles. The third-order valence-electron chi connectivity index (χ3n) is 3.58. The molecule has 1 amide bonds. The number of carbonyl (C=O) groups excluding carboxylic acids is 1. The second kappa shape index (κ2) is 8.83. The van der Waals surface area contributed by atoms with Crippen LogP contribution in [0.5, 0.6) is 5.75 Å². The summed E-state index contributed by atoms with van der Waals surface area (Å²) in [4.78, 5) is 12.0. The van der Waals surface area contributed by atoms with Gasteiger partial charge in [-0.05, 0) is 48.0 Å². The highest BCUT2D eigenvalue weighted by Gasteiger charge is 2.30.